The van der Waals surface area contributed by atoms with Crippen LogP contribution in [0.5, 0.6) is 0 Å². The van der Waals surface area contributed by atoms with E-state index < -0.39 is 0 Å². The van der Waals surface area contributed by atoms with Crippen LogP contribution in [-0.2, 0) is 6.54 Å². The molecule has 1 fully saturated rings. The topological polar surface area (TPSA) is 95.6 Å². The van der Waals surface area contributed by atoms with E-state index in [1.54, 1.807) is 0 Å². The Bertz CT molecular complexity index is 1270. The second-order valence-corrected chi connectivity index (χ2v) is 8.01. The molecule has 2 aromatic heterocycles. The van der Waals surface area contributed by atoms with Gasteiger partial charge < -0.3 is 10.6 Å². The Labute approximate surface area is 179 Å². The molecule has 3 N–H and O–H groups in total. The molecule has 1 aliphatic carbocycles. The maximum absolute atomic E-state index is 11.7. The molecular formula is C24H20N6O. The monoisotopic (exact) mass is 408 g/mol. The molecule has 2 aliphatic rings. The van der Waals surface area contributed by atoms with Crippen molar-refractivity contribution in [2.45, 2.75) is 25.3 Å². The number of aromatic nitrogens is 4. The average Bonchev–Trinajstić information content (AvgIpc) is 3.46. The maximum atomic E-state index is 11.7. The summed E-state index contributed by atoms with van der Waals surface area (Å²) in [4.78, 5) is 20.8. The highest BCUT2D eigenvalue weighted by Crippen LogP contribution is 2.39. The van der Waals surface area contributed by atoms with E-state index in [1.807, 2.05) is 36.5 Å². The molecule has 0 radical (unpaired) electrons. The molecule has 1 aliphatic heterocycles. The summed E-state index contributed by atoms with van der Waals surface area (Å²) in [6, 6.07) is 18.1. The van der Waals surface area contributed by atoms with Crippen LogP contribution in [-0.4, -0.2) is 26.1 Å². The van der Waals surface area contributed by atoms with Gasteiger partial charge in [0.15, 0.2) is 5.82 Å². The summed E-state index contributed by atoms with van der Waals surface area (Å²) in [7, 11) is 0. The lowest BCUT2D eigenvalue weighted by Gasteiger charge is -2.04. The van der Waals surface area contributed by atoms with E-state index in [0.29, 0.717) is 24.2 Å². The number of pyridine rings is 1. The van der Waals surface area contributed by atoms with Gasteiger partial charge in [-0.25, -0.2) is 0 Å². The molecule has 6 rings (SSSR count). The zero-order chi connectivity index (χ0) is 20.8. The van der Waals surface area contributed by atoms with Crippen molar-refractivity contribution in [3.8, 4) is 22.5 Å². The fraction of sp³-hybridized carbons (Fsp3) is 0.167. The number of anilines is 2. The highest BCUT2D eigenvalue weighted by Gasteiger charge is 2.24. The number of rotatable bonds is 5. The number of hydrogen-bond donors (Lipinski definition) is 3. The lowest BCUT2D eigenvalue weighted by molar-refractivity contribution is 0.0966. The van der Waals surface area contributed by atoms with E-state index in [1.165, 1.54) is 18.5 Å². The smallest absolute Gasteiger partial charge is 0.251 e. The van der Waals surface area contributed by atoms with E-state index in [4.69, 9.17) is 0 Å². The summed E-state index contributed by atoms with van der Waals surface area (Å²) in [6.45, 7) is 0.550. The minimum absolute atomic E-state index is 0.0279. The maximum Gasteiger partial charge on any atom is 0.251 e. The van der Waals surface area contributed by atoms with Crippen LogP contribution in [0.25, 0.3) is 22.5 Å². The van der Waals surface area contributed by atoms with Crippen molar-refractivity contribution in [3.05, 3.63) is 77.6 Å². The quantitative estimate of drug-likeness (QED) is 0.455. The number of nitrogens with zero attached hydrogens (tertiary/aromatic N) is 3. The molecule has 7 nitrogen and oxygen atoms in total. The Kier molecular flexibility index (Phi) is 4.06. The molecule has 7 heteroatoms. The number of benzene rings is 2. The number of hydrogen-bond acceptors (Lipinski definition) is 5. The summed E-state index contributed by atoms with van der Waals surface area (Å²) in [6.07, 6.45) is 4.48. The second-order valence-electron chi connectivity index (χ2n) is 8.01. The molecule has 0 saturated heterocycles. The number of amides is 1. The van der Waals surface area contributed by atoms with Crippen molar-refractivity contribution in [2.75, 3.05) is 5.32 Å². The van der Waals surface area contributed by atoms with Gasteiger partial charge in [0.1, 0.15) is 0 Å². The van der Waals surface area contributed by atoms with Crippen LogP contribution >= 0.6 is 0 Å². The van der Waals surface area contributed by atoms with Gasteiger partial charge in [-0.05, 0) is 48.2 Å². The number of aromatic amines is 1. The van der Waals surface area contributed by atoms with Gasteiger partial charge in [0, 0.05) is 46.7 Å². The van der Waals surface area contributed by atoms with Crippen LogP contribution in [0.3, 0.4) is 0 Å². The van der Waals surface area contributed by atoms with Gasteiger partial charge in [-0.2, -0.15) is 4.98 Å². The van der Waals surface area contributed by atoms with Gasteiger partial charge in [-0.15, -0.1) is 5.10 Å². The second kappa shape index (κ2) is 7.05. The third kappa shape index (κ3) is 3.44. The zero-order valence-corrected chi connectivity index (χ0v) is 16.7. The van der Waals surface area contributed by atoms with Gasteiger partial charge in [-0.3, -0.25) is 14.9 Å². The molecule has 3 heterocycles. The predicted octanol–water partition coefficient (Wildman–Crippen LogP) is 4.40. The highest BCUT2D eigenvalue weighted by atomic mass is 16.1. The third-order valence-electron chi connectivity index (χ3n) is 5.80. The van der Waals surface area contributed by atoms with Crippen molar-refractivity contribution in [2.24, 2.45) is 0 Å². The van der Waals surface area contributed by atoms with Crippen molar-refractivity contribution >= 4 is 17.5 Å². The van der Waals surface area contributed by atoms with Crippen LogP contribution < -0.4 is 10.6 Å². The lowest BCUT2D eigenvalue weighted by atomic mass is 10.0. The molecule has 2 aromatic carbocycles. The SMILES string of the molecule is O=C1NCc2cc(Nc3n[nH]c(-c4ccc(-c5ccc(C6CC6)nc5)cc4)n3)ccc21. The van der Waals surface area contributed by atoms with E-state index >= 15 is 0 Å². The van der Waals surface area contributed by atoms with Crippen molar-refractivity contribution < 1.29 is 4.79 Å². The van der Waals surface area contributed by atoms with Gasteiger partial charge in [0.25, 0.3) is 5.91 Å². The molecule has 1 amide bonds. The summed E-state index contributed by atoms with van der Waals surface area (Å²) < 4.78 is 0. The molecule has 31 heavy (non-hydrogen) atoms. The fourth-order valence-electron chi connectivity index (χ4n) is 3.90. The summed E-state index contributed by atoms with van der Waals surface area (Å²) in [5.41, 5.74) is 6.93. The molecule has 1 saturated carbocycles. The summed E-state index contributed by atoms with van der Waals surface area (Å²) in [5, 5.41) is 13.3. The largest absolute Gasteiger partial charge is 0.348 e. The van der Waals surface area contributed by atoms with E-state index in [2.05, 4.69) is 55.1 Å². The Morgan fingerprint density at radius 1 is 0.935 bits per heavy atom. The van der Waals surface area contributed by atoms with Crippen LogP contribution in [0, 0.1) is 0 Å². The van der Waals surface area contributed by atoms with Gasteiger partial charge in [-0.1, -0.05) is 30.3 Å². The summed E-state index contributed by atoms with van der Waals surface area (Å²) >= 11 is 0. The number of H-pyrrole nitrogens is 1. The number of fused-ring (bicyclic) bond motifs is 1. The molecule has 0 spiro atoms. The first-order valence-corrected chi connectivity index (χ1v) is 10.4. The molecule has 4 aromatic rings. The first-order chi connectivity index (χ1) is 15.2. The van der Waals surface area contributed by atoms with Gasteiger partial charge in [0.05, 0.1) is 0 Å². The number of nitrogens with one attached hydrogen (secondary N) is 3. The zero-order valence-electron chi connectivity index (χ0n) is 16.7. The average molecular weight is 408 g/mol. The predicted molar refractivity (Wildman–Crippen MR) is 118 cm³/mol. The number of carbonyl (C=O) groups is 1. The Morgan fingerprint density at radius 2 is 1.74 bits per heavy atom. The Morgan fingerprint density at radius 3 is 2.52 bits per heavy atom. The van der Waals surface area contributed by atoms with Crippen LogP contribution in [0.2, 0.25) is 0 Å². The van der Waals surface area contributed by atoms with E-state index in [0.717, 1.165) is 33.5 Å². The first kappa shape index (κ1) is 17.8. The molecule has 0 unspecified atom stereocenters. The van der Waals surface area contributed by atoms with Crippen molar-refractivity contribution in [1.82, 2.24) is 25.5 Å². The van der Waals surface area contributed by atoms with Gasteiger partial charge >= 0.3 is 0 Å². The lowest BCUT2D eigenvalue weighted by Crippen LogP contribution is -2.12. The summed E-state index contributed by atoms with van der Waals surface area (Å²) in [5.74, 6) is 1.81. The number of carbonyl (C=O) groups excluding carboxylic acids is 1. The minimum atomic E-state index is -0.0279. The standard InChI is InChI=1S/C24H20N6O/c31-23-20-9-8-19(11-18(20)13-26-23)27-24-28-22(29-30-24)16-5-1-14(2-6-16)17-7-10-21(25-12-17)15-3-4-15/h1-2,5-12,15H,3-4,13H2,(H,26,31)(H2,27,28,29,30). The van der Waals surface area contributed by atoms with Crippen molar-refractivity contribution in [3.63, 3.8) is 0 Å². The molecule has 152 valence electrons. The minimum Gasteiger partial charge on any atom is -0.348 e. The highest BCUT2D eigenvalue weighted by molar-refractivity contribution is 5.98. The Balaban J connectivity index is 1.18. The molecular weight excluding hydrogens is 388 g/mol. The fourth-order valence-corrected chi connectivity index (χ4v) is 3.90. The normalized spacial score (nSPS) is 14.9. The van der Waals surface area contributed by atoms with E-state index in [-0.39, 0.29) is 5.91 Å². The molecule has 0 bridgehead atoms. The van der Waals surface area contributed by atoms with Crippen LogP contribution in [0.15, 0.2) is 60.8 Å². The van der Waals surface area contributed by atoms with Crippen LogP contribution in [0.1, 0.15) is 40.4 Å². The van der Waals surface area contributed by atoms with Crippen molar-refractivity contribution in [1.29, 1.82) is 0 Å². The van der Waals surface area contributed by atoms with E-state index in [9.17, 15) is 4.79 Å². The van der Waals surface area contributed by atoms with Crippen LogP contribution in [0.4, 0.5) is 11.6 Å². The third-order valence-corrected chi connectivity index (χ3v) is 5.80. The Hall–Kier alpha value is -4.00. The van der Waals surface area contributed by atoms with Gasteiger partial charge in [0.2, 0.25) is 5.95 Å². The molecule has 0 atom stereocenters. The first-order valence-electron chi connectivity index (χ1n) is 10.4.